The molecule has 7 heavy (non-hydrogen) atoms. The standard InChI is InChI=1S/C2H3N2O2S/c1-2-7(5,6)4-3/h2H,1H2. The lowest BCUT2D eigenvalue weighted by Crippen LogP contribution is -1.84. The van der Waals surface area contributed by atoms with Gasteiger partial charge in [0.05, 0.1) is 0 Å². The number of hydrogen-bond donors (Lipinski definition) is 0. The van der Waals surface area contributed by atoms with E-state index in [1.54, 1.807) is 0 Å². The molecular weight excluding hydrogens is 116 g/mol. The highest BCUT2D eigenvalue weighted by atomic mass is 32.2. The number of hydrogen-bond acceptors (Lipinski definition) is 2. The molecule has 0 saturated heterocycles. The molecule has 0 aromatic rings. The Labute approximate surface area is 41.4 Å². The molecule has 39 valence electrons. The van der Waals surface area contributed by atoms with Gasteiger partial charge in [-0.25, -0.2) is 0 Å². The van der Waals surface area contributed by atoms with Crippen molar-refractivity contribution < 1.29 is 8.42 Å². The van der Waals surface area contributed by atoms with Crippen molar-refractivity contribution in [2.45, 2.75) is 0 Å². The normalized spacial score (nSPS) is 10.3. The maximum atomic E-state index is 9.83. The van der Waals surface area contributed by atoms with Crippen molar-refractivity contribution in [3.8, 4) is 0 Å². The van der Waals surface area contributed by atoms with E-state index in [4.69, 9.17) is 5.53 Å². The minimum Gasteiger partial charge on any atom is -0.198 e. The van der Waals surface area contributed by atoms with Gasteiger partial charge in [0, 0.05) is 5.41 Å². The molecule has 0 saturated carbocycles. The Kier molecular flexibility index (Phi) is 1.65. The molecule has 0 aliphatic rings. The third-order valence-corrected chi connectivity index (χ3v) is 0.973. The molecule has 1 radical (unpaired) electrons. The molecule has 0 spiro atoms. The minimum atomic E-state index is -3.71. The van der Waals surface area contributed by atoms with Crippen LogP contribution >= 0.6 is 0 Å². The highest BCUT2D eigenvalue weighted by molar-refractivity contribution is 7.92. The molecule has 0 aliphatic heterocycles. The molecule has 0 amide bonds. The van der Waals surface area contributed by atoms with Gasteiger partial charge in [-0.1, -0.05) is 6.58 Å². The maximum absolute atomic E-state index is 9.83. The Morgan fingerprint density at radius 3 is 2.14 bits per heavy atom. The number of rotatable bonds is 2. The zero-order chi connectivity index (χ0) is 5.91. The molecule has 4 nitrogen and oxygen atoms in total. The molecule has 0 unspecified atom stereocenters. The van der Waals surface area contributed by atoms with E-state index in [1.165, 1.54) is 0 Å². The summed E-state index contributed by atoms with van der Waals surface area (Å²) in [5.74, 6) is 0. The molecular formula is C2H3N2O2S. The molecule has 0 aromatic carbocycles. The van der Waals surface area contributed by atoms with Gasteiger partial charge in [-0.2, -0.15) is 8.42 Å². The van der Waals surface area contributed by atoms with Crippen molar-refractivity contribution in [1.29, 1.82) is 0 Å². The predicted molar refractivity (Wildman–Crippen MR) is 23.7 cm³/mol. The van der Waals surface area contributed by atoms with E-state index in [-0.39, 0.29) is 0 Å². The van der Waals surface area contributed by atoms with Crippen LogP contribution in [-0.2, 0) is 10.0 Å². The summed E-state index contributed by atoms with van der Waals surface area (Å²) in [5.41, 5.74) is 7.56. The highest BCUT2D eigenvalue weighted by Crippen LogP contribution is 1.86. The summed E-state index contributed by atoms with van der Waals surface area (Å²) in [6.45, 7) is 2.86. The Bertz CT molecular complexity index is 154. The first kappa shape index (κ1) is 6.29. The quantitative estimate of drug-likeness (QED) is 0.469. The van der Waals surface area contributed by atoms with Crippen LogP contribution in [-0.4, -0.2) is 8.42 Å². The van der Waals surface area contributed by atoms with E-state index in [0.717, 1.165) is 0 Å². The topological polar surface area (TPSA) is 68.8 Å². The monoisotopic (exact) mass is 119 g/mol. The highest BCUT2D eigenvalue weighted by Gasteiger charge is 1.95. The van der Waals surface area contributed by atoms with E-state index in [1.807, 2.05) is 4.52 Å². The lowest BCUT2D eigenvalue weighted by molar-refractivity contribution is 0.604. The number of nitrogens with zero attached hydrogens (tertiary/aromatic N) is 2. The number of sulfonamides is 1. The fourth-order valence-corrected chi connectivity index (χ4v) is 0.100. The van der Waals surface area contributed by atoms with Crippen LogP contribution in [0.25, 0.3) is 0 Å². The third kappa shape index (κ3) is 2.05. The molecule has 0 aromatic heterocycles. The Balaban J connectivity index is 4.49. The molecule has 0 aliphatic carbocycles. The SMILES string of the molecule is C=CS(=O)(=O)N=[N]. The fraction of sp³-hybridized carbons (Fsp3) is 0. The zero-order valence-electron chi connectivity index (χ0n) is 3.40. The fourth-order valence-electron chi connectivity index (χ4n) is 0.0333. The van der Waals surface area contributed by atoms with Crippen molar-refractivity contribution in [3.05, 3.63) is 12.0 Å². The van der Waals surface area contributed by atoms with E-state index in [0.29, 0.717) is 5.41 Å². The van der Waals surface area contributed by atoms with Gasteiger partial charge < -0.3 is 0 Å². The van der Waals surface area contributed by atoms with Crippen LogP contribution < -0.4 is 5.53 Å². The Morgan fingerprint density at radius 2 is 2.14 bits per heavy atom. The van der Waals surface area contributed by atoms with Crippen LogP contribution in [0, 0.1) is 0 Å². The summed E-state index contributed by atoms with van der Waals surface area (Å²) in [7, 11) is -3.71. The summed E-state index contributed by atoms with van der Waals surface area (Å²) in [6, 6.07) is 0. The van der Waals surface area contributed by atoms with Gasteiger partial charge in [-0.05, 0) is 10.1 Å². The average Bonchev–Trinajstić information content (AvgIpc) is 1.68. The van der Waals surface area contributed by atoms with Gasteiger partial charge >= 0.3 is 0 Å². The summed E-state index contributed by atoms with van der Waals surface area (Å²) in [4.78, 5) is 0. The van der Waals surface area contributed by atoms with E-state index >= 15 is 0 Å². The Hall–Kier alpha value is -0.710. The smallest absolute Gasteiger partial charge is 0.198 e. The van der Waals surface area contributed by atoms with Gasteiger partial charge in [-0.3, -0.25) is 0 Å². The van der Waals surface area contributed by atoms with Crippen molar-refractivity contribution in [3.63, 3.8) is 0 Å². The second-order valence-corrected chi connectivity index (χ2v) is 2.29. The molecule has 0 rings (SSSR count). The van der Waals surface area contributed by atoms with E-state index in [9.17, 15) is 8.42 Å². The average molecular weight is 119 g/mol. The summed E-state index contributed by atoms with van der Waals surface area (Å²) < 4.78 is 21.7. The van der Waals surface area contributed by atoms with Gasteiger partial charge in [0.2, 0.25) is 0 Å². The van der Waals surface area contributed by atoms with Gasteiger partial charge in [0.25, 0.3) is 10.0 Å². The van der Waals surface area contributed by atoms with Gasteiger partial charge in [-0.15, -0.1) is 0 Å². The lowest BCUT2D eigenvalue weighted by atomic mass is 11.3. The van der Waals surface area contributed by atoms with Crippen molar-refractivity contribution in [1.82, 2.24) is 5.53 Å². The van der Waals surface area contributed by atoms with E-state index < -0.39 is 10.0 Å². The van der Waals surface area contributed by atoms with Crippen LogP contribution in [0.4, 0.5) is 0 Å². The van der Waals surface area contributed by atoms with Crippen LogP contribution in [0.3, 0.4) is 0 Å². The minimum absolute atomic E-state index is 0.549. The van der Waals surface area contributed by atoms with Crippen LogP contribution in [0.2, 0.25) is 0 Å². The van der Waals surface area contributed by atoms with E-state index in [2.05, 4.69) is 6.58 Å². The predicted octanol–water partition coefficient (Wildman–Crippen LogP) is -0.288. The summed E-state index contributed by atoms with van der Waals surface area (Å²) in [5, 5.41) is 0.549. The van der Waals surface area contributed by atoms with Gasteiger partial charge in [0.15, 0.2) is 0 Å². The Morgan fingerprint density at radius 1 is 1.71 bits per heavy atom. The maximum Gasteiger partial charge on any atom is 0.293 e. The molecule has 5 heteroatoms. The summed E-state index contributed by atoms with van der Waals surface area (Å²) >= 11 is 0. The van der Waals surface area contributed by atoms with Crippen molar-refractivity contribution >= 4 is 10.0 Å². The molecule has 0 fully saturated rings. The first-order valence-electron chi connectivity index (χ1n) is 1.36. The summed E-state index contributed by atoms with van der Waals surface area (Å²) in [6.07, 6.45) is 0. The second-order valence-electron chi connectivity index (χ2n) is 0.763. The van der Waals surface area contributed by atoms with Crippen molar-refractivity contribution in [2.24, 2.45) is 4.52 Å². The molecule has 0 bridgehead atoms. The third-order valence-electron chi connectivity index (χ3n) is 0.324. The zero-order valence-corrected chi connectivity index (χ0v) is 4.22. The first-order valence-corrected chi connectivity index (χ1v) is 2.86. The van der Waals surface area contributed by atoms with Gasteiger partial charge in [0.1, 0.15) is 0 Å². The molecule has 0 atom stereocenters. The second kappa shape index (κ2) is 1.83. The lowest BCUT2D eigenvalue weighted by Gasteiger charge is -1.74. The molecule has 0 heterocycles. The first-order chi connectivity index (χ1) is 3.12. The molecule has 0 N–H and O–H groups in total. The van der Waals surface area contributed by atoms with Crippen LogP contribution in [0.15, 0.2) is 16.5 Å². The van der Waals surface area contributed by atoms with Crippen LogP contribution in [0.1, 0.15) is 0 Å². The van der Waals surface area contributed by atoms with Crippen molar-refractivity contribution in [2.75, 3.05) is 0 Å². The largest absolute Gasteiger partial charge is 0.293 e. The van der Waals surface area contributed by atoms with Crippen LogP contribution in [0.5, 0.6) is 0 Å².